The number of aromatic hydroxyl groups is 1. The first-order valence-electron chi connectivity index (χ1n) is 14.9. The second-order valence-corrected chi connectivity index (χ2v) is 13.4. The molecule has 5 aliphatic rings. The summed E-state index contributed by atoms with van der Waals surface area (Å²) in [7, 11) is 1.49. The number of ether oxygens (including phenoxy) is 4. The molecule has 6 rings (SSSR count). The highest BCUT2D eigenvalue weighted by molar-refractivity contribution is 6.19. The van der Waals surface area contributed by atoms with Gasteiger partial charge in [0.05, 0.1) is 30.3 Å². The Labute approximate surface area is 249 Å². The van der Waals surface area contributed by atoms with E-state index in [1.54, 1.807) is 0 Å². The van der Waals surface area contributed by atoms with Gasteiger partial charge in [-0.15, -0.1) is 0 Å². The van der Waals surface area contributed by atoms with Crippen molar-refractivity contribution in [1.82, 2.24) is 0 Å². The Bertz CT molecular complexity index is 1480. The lowest BCUT2D eigenvalue weighted by Crippen LogP contribution is -2.77. The number of rotatable bonds is 7. The first-order chi connectivity index (χ1) is 19.6. The number of benzene rings is 1. The number of phenolic OH excluding ortho intramolecular Hbond substituents is 1. The van der Waals surface area contributed by atoms with Crippen LogP contribution in [0.2, 0.25) is 0 Å². The highest BCUT2D eigenvalue weighted by Gasteiger charge is 2.75. The summed E-state index contributed by atoms with van der Waals surface area (Å²) < 4.78 is 26.2. The Morgan fingerprint density at radius 1 is 1.10 bits per heavy atom. The third-order valence-electron chi connectivity index (χ3n) is 8.95. The van der Waals surface area contributed by atoms with Crippen molar-refractivity contribution in [3.8, 4) is 17.2 Å². The summed E-state index contributed by atoms with van der Waals surface area (Å²) in [5.74, 6) is -0.645. The molecule has 7 nitrogen and oxygen atoms in total. The molecular formula is C35H44O7. The van der Waals surface area contributed by atoms with E-state index in [0.717, 1.165) is 11.1 Å². The highest BCUT2D eigenvalue weighted by atomic mass is 16.6. The van der Waals surface area contributed by atoms with Crippen LogP contribution in [0.15, 0.2) is 40.7 Å². The van der Waals surface area contributed by atoms with E-state index in [4.69, 9.17) is 18.9 Å². The fourth-order valence-corrected chi connectivity index (χ4v) is 7.20. The van der Waals surface area contributed by atoms with Crippen molar-refractivity contribution in [1.29, 1.82) is 0 Å². The lowest BCUT2D eigenvalue weighted by molar-refractivity contribution is -0.219. The molecule has 0 aromatic heterocycles. The molecule has 2 bridgehead atoms. The first kappa shape index (κ1) is 30.1. The summed E-state index contributed by atoms with van der Waals surface area (Å²) in [4.78, 5) is 29.4. The largest absolute Gasteiger partial charge is 0.506 e. The number of carbonyl (C=O) groups is 2. The number of hydrogen-bond donors (Lipinski definition) is 1. The second-order valence-electron chi connectivity index (χ2n) is 13.4. The standard InChI is InChI=1S/C35H44O7/c1-18(2)11-12-23-29-22(14-15-33(8,9)41-29)27(36)25-28(37)26-31(39-10)24-17-21(7)35(26,42-30(23)25)34(32(24)38,40-20(5)6)16-13-19(3)4/h11,13-15,20-21,24,36H,12,16-17H2,1-10H3/t21-,24+,34+,35+/m1/s1. The van der Waals surface area contributed by atoms with Crippen molar-refractivity contribution in [2.24, 2.45) is 11.8 Å². The highest BCUT2D eigenvalue weighted by Crippen LogP contribution is 2.64. The van der Waals surface area contributed by atoms with Crippen LogP contribution >= 0.6 is 0 Å². The van der Waals surface area contributed by atoms with Crippen LogP contribution in [-0.4, -0.2) is 46.7 Å². The smallest absolute Gasteiger partial charge is 0.204 e. The quantitative estimate of drug-likeness (QED) is 0.348. The molecular weight excluding hydrogens is 532 g/mol. The monoisotopic (exact) mass is 576 g/mol. The summed E-state index contributed by atoms with van der Waals surface area (Å²) in [6.07, 6.45) is 8.49. The summed E-state index contributed by atoms with van der Waals surface area (Å²) in [6, 6.07) is 0. The van der Waals surface area contributed by atoms with Gasteiger partial charge in [0.2, 0.25) is 5.78 Å². The molecule has 0 saturated heterocycles. The molecule has 1 spiro atoms. The molecule has 7 heteroatoms. The number of phenols is 1. The maximum absolute atomic E-state index is 14.9. The minimum Gasteiger partial charge on any atom is -0.506 e. The third kappa shape index (κ3) is 4.18. The van der Waals surface area contributed by atoms with E-state index in [-0.39, 0.29) is 46.9 Å². The molecule has 3 aliphatic carbocycles. The van der Waals surface area contributed by atoms with E-state index >= 15 is 0 Å². The van der Waals surface area contributed by atoms with Crippen LogP contribution in [0.3, 0.4) is 0 Å². The Morgan fingerprint density at radius 2 is 1.76 bits per heavy atom. The van der Waals surface area contributed by atoms with Crippen LogP contribution in [0.4, 0.5) is 0 Å². The fraction of sp³-hybridized carbons (Fsp3) is 0.543. The van der Waals surface area contributed by atoms with Gasteiger partial charge in [-0.05, 0) is 80.4 Å². The van der Waals surface area contributed by atoms with Gasteiger partial charge in [0.15, 0.2) is 17.0 Å². The van der Waals surface area contributed by atoms with Crippen LogP contribution in [0.1, 0.15) is 96.6 Å². The Kier molecular flexibility index (Phi) is 7.28. The Morgan fingerprint density at radius 3 is 2.36 bits per heavy atom. The third-order valence-corrected chi connectivity index (χ3v) is 8.95. The van der Waals surface area contributed by atoms with Gasteiger partial charge in [0.1, 0.15) is 34.2 Å². The van der Waals surface area contributed by atoms with Gasteiger partial charge in [0.25, 0.3) is 0 Å². The normalized spacial score (nSPS) is 28.5. The molecule has 0 amide bonds. The van der Waals surface area contributed by atoms with Gasteiger partial charge >= 0.3 is 0 Å². The van der Waals surface area contributed by atoms with Crippen LogP contribution in [-0.2, 0) is 20.7 Å². The molecule has 0 radical (unpaired) electrons. The molecule has 4 atom stereocenters. The summed E-state index contributed by atoms with van der Waals surface area (Å²) >= 11 is 0. The second kappa shape index (κ2) is 10.1. The van der Waals surface area contributed by atoms with Crippen LogP contribution in [0.25, 0.3) is 6.08 Å². The summed E-state index contributed by atoms with van der Waals surface area (Å²) in [5, 5.41) is 11.7. The van der Waals surface area contributed by atoms with Gasteiger partial charge in [-0.1, -0.05) is 30.2 Å². The van der Waals surface area contributed by atoms with Crippen molar-refractivity contribution in [2.45, 2.75) is 104 Å². The molecule has 0 unspecified atom stereocenters. The Hall–Kier alpha value is -3.32. The maximum Gasteiger partial charge on any atom is 0.204 e. The van der Waals surface area contributed by atoms with E-state index in [1.165, 1.54) is 7.11 Å². The maximum atomic E-state index is 14.9. The molecule has 2 heterocycles. The first-order valence-corrected chi connectivity index (χ1v) is 14.9. The topological polar surface area (TPSA) is 91.3 Å². The predicted molar refractivity (Wildman–Crippen MR) is 162 cm³/mol. The zero-order valence-corrected chi connectivity index (χ0v) is 26.6. The number of allylic oxidation sites excluding steroid dienone is 4. The van der Waals surface area contributed by atoms with Crippen molar-refractivity contribution < 1.29 is 33.6 Å². The number of Topliss-reactive ketones (excluding diaryl/α,β-unsaturated/α-hetero) is 2. The molecule has 1 saturated carbocycles. The lowest BCUT2D eigenvalue weighted by Gasteiger charge is -2.61. The summed E-state index contributed by atoms with van der Waals surface area (Å²) in [6.45, 7) is 17.6. The lowest BCUT2D eigenvalue weighted by atomic mass is 9.50. The van der Waals surface area contributed by atoms with Gasteiger partial charge in [0, 0.05) is 17.9 Å². The fourth-order valence-electron chi connectivity index (χ4n) is 7.20. The van der Waals surface area contributed by atoms with E-state index < -0.39 is 28.5 Å². The average Bonchev–Trinajstić information content (AvgIpc) is 2.88. The molecule has 1 N–H and O–H groups in total. The number of ketones is 2. The van der Waals surface area contributed by atoms with Gasteiger partial charge in [-0.2, -0.15) is 0 Å². The number of methoxy groups -OCH3 is 1. The van der Waals surface area contributed by atoms with Crippen molar-refractivity contribution in [3.63, 3.8) is 0 Å². The van der Waals surface area contributed by atoms with Crippen molar-refractivity contribution >= 4 is 17.6 Å². The zero-order valence-electron chi connectivity index (χ0n) is 26.6. The van der Waals surface area contributed by atoms with E-state index in [9.17, 15) is 14.7 Å². The molecule has 1 aromatic carbocycles. The minimum absolute atomic E-state index is 0.0712. The van der Waals surface area contributed by atoms with E-state index in [0.29, 0.717) is 35.5 Å². The number of carbonyl (C=O) groups excluding carboxylic acids is 2. The van der Waals surface area contributed by atoms with Crippen molar-refractivity contribution in [3.05, 3.63) is 57.4 Å². The van der Waals surface area contributed by atoms with Gasteiger partial charge in [-0.25, -0.2) is 0 Å². The van der Waals surface area contributed by atoms with Crippen molar-refractivity contribution in [2.75, 3.05) is 7.11 Å². The molecule has 1 fully saturated rings. The van der Waals surface area contributed by atoms with Gasteiger partial charge < -0.3 is 24.1 Å². The number of fused-ring (bicyclic) bond motifs is 4. The average molecular weight is 577 g/mol. The minimum atomic E-state index is -1.48. The Balaban J connectivity index is 1.91. The van der Waals surface area contributed by atoms with E-state index in [2.05, 4.69) is 0 Å². The van der Waals surface area contributed by atoms with Crippen LogP contribution in [0, 0.1) is 11.8 Å². The van der Waals surface area contributed by atoms with Crippen LogP contribution in [0.5, 0.6) is 17.2 Å². The molecule has 2 aliphatic heterocycles. The SMILES string of the molecule is COC1=C2C(=O)c3c(O)c4c(c(CC=C(C)C)c3O[C@@]23[C@H](C)C[C@@H]1C(=O)[C@]3(CC=C(C)C)OC(C)C)OC(C)(C)C=C4. The molecule has 226 valence electrons. The summed E-state index contributed by atoms with van der Waals surface area (Å²) in [5.41, 5.74) is -0.0498. The number of hydrogen-bond acceptors (Lipinski definition) is 7. The zero-order chi connectivity index (χ0) is 30.9. The van der Waals surface area contributed by atoms with Crippen LogP contribution < -0.4 is 9.47 Å². The molecule has 42 heavy (non-hydrogen) atoms. The molecule has 1 aromatic rings. The predicted octanol–water partition coefficient (Wildman–Crippen LogP) is 7.06. The van der Waals surface area contributed by atoms with Gasteiger partial charge in [-0.3, -0.25) is 9.59 Å². The van der Waals surface area contributed by atoms with E-state index in [1.807, 2.05) is 86.6 Å².